The summed E-state index contributed by atoms with van der Waals surface area (Å²) in [6.45, 7) is 4.97. The van der Waals surface area contributed by atoms with Gasteiger partial charge in [-0.2, -0.15) is 0 Å². The average Bonchev–Trinajstić information content (AvgIpc) is 2.25. The molecule has 1 rings (SSSR count). The van der Waals surface area contributed by atoms with Crippen molar-refractivity contribution in [1.29, 1.82) is 0 Å². The third-order valence-electron chi connectivity index (χ3n) is 2.08. The number of carbonyl (C=O) groups excluding carboxylic acids is 2. The highest BCUT2D eigenvalue weighted by molar-refractivity contribution is 5.88. The maximum atomic E-state index is 12.8. The number of alkyl halides is 2. The Morgan fingerprint density at radius 1 is 1.37 bits per heavy atom. The highest BCUT2D eigenvalue weighted by Crippen LogP contribution is 2.28. The van der Waals surface area contributed by atoms with Gasteiger partial charge in [-0.1, -0.05) is 12.1 Å². The summed E-state index contributed by atoms with van der Waals surface area (Å²) in [5.74, 6) is 0. The van der Waals surface area contributed by atoms with Gasteiger partial charge in [-0.3, -0.25) is 10.1 Å². The number of carbonyl (C=O) groups is 2. The van der Waals surface area contributed by atoms with E-state index in [4.69, 9.17) is 4.74 Å². The maximum absolute atomic E-state index is 12.8. The number of benzene rings is 1. The lowest BCUT2D eigenvalue weighted by atomic mass is 10.1. The fraction of sp³-hybridized carbons (Fsp3) is 0.385. The second kappa shape index (κ2) is 5.77. The molecule has 0 aliphatic heterocycles. The molecule has 0 heterocycles. The number of rotatable bonds is 3. The lowest BCUT2D eigenvalue weighted by Gasteiger charge is -2.20. The van der Waals surface area contributed by atoms with Crippen LogP contribution < -0.4 is 5.32 Å². The highest BCUT2D eigenvalue weighted by Gasteiger charge is 2.19. The van der Waals surface area contributed by atoms with Crippen molar-refractivity contribution >= 4 is 18.1 Å². The first-order valence-corrected chi connectivity index (χ1v) is 5.60. The molecule has 1 N–H and O–H groups in total. The zero-order valence-corrected chi connectivity index (χ0v) is 10.9. The van der Waals surface area contributed by atoms with Crippen LogP contribution in [0, 0.1) is 0 Å². The van der Waals surface area contributed by atoms with E-state index in [1.807, 2.05) is 0 Å². The van der Waals surface area contributed by atoms with Crippen molar-refractivity contribution in [3.8, 4) is 0 Å². The van der Waals surface area contributed by atoms with Gasteiger partial charge in [0.2, 0.25) is 0 Å². The number of hydrogen-bond donors (Lipinski definition) is 1. The van der Waals surface area contributed by atoms with Gasteiger partial charge in [-0.25, -0.2) is 13.6 Å². The molecule has 104 valence electrons. The Bertz CT molecular complexity index is 481. The van der Waals surface area contributed by atoms with E-state index >= 15 is 0 Å². The molecule has 4 nitrogen and oxygen atoms in total. The average molecular weight is 271 g/mol. The molecule has 6 heteroatoms. The van der Waals surface area contributed by atoms with E-state index in [0.717, 1.165) is 6.07 Å². The van der Waals surface area contributed by atoms with Gasteiger partial charge in [0, 0.05) is 11.1 Å². The Morgan fingerprint density at radius 3 is 2.47 bits per heavy atom. The van der Waals surface area contributed by atoms with Crippen LogP contribution in [0.4, 0.5) is 19.3 Å². The lowest BCUT2D eigenvalue weighted by molar-refractivity contribution is 0.0635. The number of nitrogens with one attached hydrogen (secondary N) is 1. The van der Waals surface area contributed by atoms with Crippen LogP contribution in [0.25, 0.3) is 0 Å². The van der Waals surface area contributed by atoms with E-state index in [1.165, 1.54) is 12.1 Å². The van der Waals surface area contributed by atoms with Gasteiger partial charge in [0.25, 0.3) is 6.43 Å². The van der Waals surface area contributed by atoms with E-state index < -0.39 is 18.1 Å². The molecule has 0 saturated carbocycles. The van der Waals surface area contributed by atoms with Crippen LogP contribution in [0.15, 0.2) is 18.2 Å². The second-order valence-corrected chi connectivity index (χ2v) is 4.89. The molecule has 0 saturated heterocycles. The molecule has 1 aromatic carbocycles. The number of ether oxygens (including phenoxy) is 1. The summed E-state index contributed by atoms with van der Waals surface area (Å²) < 4.78 is 30.5. The molecule has 1 aromatic rings. The Labute approximate surface area is 109 Å². The van der Waals surface area contributed by atoms with Crippen molar-refractivity contribution in [1.82, 2.24) is 0 Å². The summed E-state index contributed by atoms with van der Waals surface area (Å²) in [5, 5.41) is 2.22. The van der Waals surface area contributed by atoms with Gasteiger partial charge < -0.3 is 4.74 Å². The first-order chi connectivity index (χ1) is 8.73. The van der Waals surface area contributed by atoms with Gasteiger partial charge in [0.05, 0.1) is 5.69 Å². The minimum Gasteiger partial charge on any atom is -0.444 e. The van der Waals surface area contributed by atoms with Gasteiger partial charge in [-0.15, -0.1) is 0 Å². The number of anilines is 1. The van der Waals surface area contributed by atoms with Crippen molar-refractivity contribution in [2.24, 2.45) is 0 Å². The lowest BCUT2D eigenvalue weighted by Crippen LogP contribution is -2.27. The first-order valence-electron chi connectivity index (χ1n) is 5.60. The molecule has 0 aliphatic carbocycles. The van der Waals surface area contributed by atoms with Crippen molar-refractivity contribution in [3.05, 3.63) is 29.3 Å². The Balaban J connectivity index is 2.97. The van der Waals surface area contributed by atoms with Crippen LogP contribution in [0.2, 0.25) is 0 Å². The third kappa shape index (κ3) is 4.65. The summed E-state index contributed by atoms with van der Waals surface area (Å²) in [7, 11) is 0. The molecule has 0 aliphatic rings. The summed E-state index contributed by atoms with van der Waals surface area (Å²) in [5.41, 5.74) is -1.04. The van der Waals surface area contributed by atoms with E-state index in [1.54, 1.807) is 20.8 Å². The van der Waals surface area contributed by atoms with Crippen LogP contribution in [-0.2, 0) is 4.74 Å². The van der Waals surface area contributed by atoms with Crippen LogP contribution in [0.1, 0.15) is 43.1 Å². The predicted molar refractivity (Wildman–Crippen MR) is 66.6 cm³/mol. The van der Waals surface area contributed by atoms with Crippen LogP contribution in [0.5, 0.6) is 0 Å². The molecular formula is C13H15F2NO3. The molecule has 0 radical (unpaired) electrons. The van der Waals surface area contributed by atoms with E-state index in [-0.39, 0.29) is 16.8 Å². The predicted octanol–water partition coefficient (Wildman–Crippen LogP) is 3.78. The number of hydrogen-bond acceptors (Lipinski definition) is 3. The molecule has 19 heavy (non-hydrogen) atoms. The first kappa shape index (κ1) is 15.1. The van der Waals surface area contributed by atoms with Crippen molar-refractivity contribution in [2.45, 2.75) is 32.8 Å². The molecule has 0 unspecified atom stereocenters. The number of amides is 1. The fourth-order valence-electron chi connectivity index (χ4n) is 1.36. The zero-order chi connectivity index (χ0) is 14.6. The van der Waals surface area contributed by atoms with Crippen LogP contribution in [0.3, 0.4) is 0 Å². The van der Waals surface area contributed by atoms with Gasteiger partial charge in [0.1, 0.15) is 11.9 Å². The Hall–Kier alpha value is -1.98. The summed E-state index contributed by atoms with van der Waals surface area (Å²) in [6, 6.07) is 3.54. The minimum atomic E-state index is -2.76. The summed E-state index contributed by atoms with van der Waals surface area (Å²) in [4.78, 5) is 22.2. The Morgan fingerprint density at radius 2 is 2.00 bits per heavy atom. The molecule has 0 bridgehead atoms. The largest absolute Gasteiger partial charge is 0.444 e. The molecule has 1 amide bonds. The SMILES string of the molecule is CC(C)(C)OC(=O)Nc1cc(C=O)ccc1C(F)F. The minimum absolute atomic E-state index is 0.131. The molecule has 0 atom stereocenters. The van der Waals surface area contributed by atoms with Crippen molar-refractivity contribution in [3.63, 3.8) is 0 Å². The molecule has 0 fully saturated rings. The highest BCUT2D eigenvalue weighted by atomic mass is 19.3. The molecule has 0 aromatic heterocycles. The fourth-order valence-corrected chi connectivity index (χ4v) is 1.36. The summed E-state index contributed by atoms with van der Waals surface area (Å²) in [6.07, 6.45) is -3.10. The van der Waals surface area contributed by atoms with Crippen molar-refractivity contribution in [2.75, 3.05) is 5.32 Å². The van der Waals surface area contributed by atoms with Crippen molar-refractivity contribution < 1.29 is 23.1 Å². The van der Waals surface area contributed by atoms with E-state index in [9.17, 15) is 18.4 Å². The molecule has 0 spiro atoms. The normalized spacial score (nSPS) is 11.3. The quantitative estimate of drug-likeness (QED) is 0.851. The second-order valence-electron chi connectivity index (χ2n) is 4.89. The van der Waals surface area contributed by atoms with E-state index in [2.05, 4.69) is 5.32 Å². The number of halogens is 2. The smallest absolute Gasteiger partial charge is 0.412 e. The van der Waals surface area contributed by atoms with Gasteiger partial charge >= 0.3 is 6.09 Å². The van der Waals surface area contributed by atoms with Crippen LogP contribution >= 0.6 is 0 Å². The number of aldehydes is 1. The molecular weight excluding hydrogens is 256 g/mol. The topological polar surface area (TPSA) is 55.4 Å². The summed E-state index contributed by atoms with van der Waals surface area (Å²) >= 11 is 0. The standard InChI is InChI=1S/C13H15F2NO3/c1-13(2,3)19-12(18)16-10-6-8(7-17)4-5-9(10)11(14)15/h4-7,11H,1-3H3,(H,16,18). The maximum Gasteiger partial charge on any atom is 0.412 e. The zero-order valence-electron chi connectivity index (χ0n) is 10.9. The third-order valence-corrected chi connectivity index (χ3v) is 2.08. The van der Waals surface area contributed by atoms with Gasteiger partial charge in [0.15, 0.2) is 0 Å². The van der Waals surface area contributed by atoms with Crippen LogP contribution in [-0.4, -0.2) is 18.0 Å². The Kier molecular flexibility index (Phi) is 4.58. The van der Waals surface area contributed by atoms with E-state index in [0.29, 0.717) is 6.29 Å². The van der Waals surface area contributed by atoms with Gasteiger partial charge in [-0.05, 0) is 26.8 Å². The monoisotopic (exact) mass is 271 g/mol.